The lowest BCUT2D eigenvalue weighted by molar-refractivity contribution is 0.00290. The van der Waals surface area contributed by atoms with Gasteiger partial charge in [-0.1, -0.05) is 259 Å². The Kier molecular flexibility index (Phi) is 12.0. The molecule has 96 heavy (non-hydrogen) atoms. The van der Waals surface area contributed by atoms with Gasteiger partial charge in [-0.05, 0) is 223 Å². The third-order valence-electron chi connectivity index (χ3n) is 25.9. The summed E-state index contributed by atoms with van der Waals surface area (Å²) in [6, 6.07) is 102. The molecule has 13 aromatic rings. The van der Waals surface area contributed by atoms with E-state index in [2.05, 4.69) is 300 Å². The third-order valence-corrected chi connectivity index (χ3v) is 25.9. The van der Waals surface area contributed by atoms with Gasteiger partial charge in [0.05, 0.1) is 5.69 Å². The van der Waals surface area contributed by atoms with Crippen LogP contribution in [0.5, 0.6) is 0 Å². The van der Waals surface area contributed by atoms with Gasteiger partial charge < -0.3 is 9.32 Å². The maximum Gasteiger partial charge on any atom is 0.143 e. The van der Waals surface area contributed by atoms with Crippen LogP contribution in [-0.2, 0) is 27.1 Å². The first-order chi connectivity index (χ1) is 46.9. The molecule has 2 heteroatoms. The van der Waals surface area contributed by atoms with E-state index in [0.717, 1.165) is 54.6 Å². The molecule has 0 aliphatic heterocycles. The average Bonchev–Trinajstić information content (AvgIpc) is 1.43. The molecular formula is C94H79NO. The maximum atomic E-state index is 7.62. The molecule has 3 saturated carbocycles. The highest BCUT2D eigenvalue weighted by molar-refractivity contribution is 6.14. The minimum Gasteiger partial charge on any atom is -0.455 e. The van der Waals surface area contributed by atoms with E-state index in [1.807, 2.05) is 0 Å². The van der Waals surface area contributed by atoms with Crippen LogP contribution in [-0.4, -0.2) is 0 Å². The van der Waals surface area contributed by atoms with Gasteiger partial charge >= 0.3 is 0 Å². The number of benzene rings is 12. The van der Waals surface area contributed by atoms with E-state index in [0.29, 0.717) is 17.8 Å². The first-order valence-electron chi connectivity index (χ1n) is 35.8. The van der Waals surface area contributed by atoms with E-state index in [1.54, 1.807) is 22.3 Å². The summed E-state index contributed by atoms with van der Waals surface area (Å²) < 4.78 is 7.62. The molecule has 2 spiro atoms. The fraction of sp³-hybridized carbons (Fsp3) is 0.234. The van der Waals surface area contributed by atoms with E-state index in [9.17, 15) is 0 Å². The zero-order valence-corrected chi connectivity index (χ0v) is 55.8. The highest BCUT2D eigenvalue weighted by atomic mass is 16.3. The molecule has 2 nitrogen and oxygen atoms in total. The van der Waals surface area contributed by atoms with Gasteiger partial charge in [0.2, 0.25) is 0 Å². The molecule has 20 rings (SSSR count). The Balaban J connectivity index is 0.784. The second kappa shape index (κ2) is 20.4. The molecule has 0 N–H and O–H groups in total. The Morgan fingerprint density at radius 2 is 0.917 bits per heavy atom. The zero-order chi connectivity index (χ0) is 64.0. The number of fused-ring (bicyclic) bond motifs is 13. The highest BCUT2D eigenvalue weighted by Gasteiger charge is 2.68. The SMILES string of the molecule is Cc1ccccc1-c1ccccc1C12CCCCC34CC(CC5(CC(CC1)c1ccccc1-c1ccccc15)C23)c1cccc2oc3c(-c5ccc(N(c6ccc7c(c6)C(C)(C)c6cc(-c8ccccc8)ccc6-7)c6cccc7c6-c6ccccc6C7(C)C)cc5)ccc4c3c12. The summed E-state index contributed by atoms with van der Waals surface area (Å²) in [6.07, 6.45) is 10.5. The fourth-order valence-electron chi connectivity index (χ4n) is 22.2. The molecule has 7 aliphatic rings. The maximum absolute atomic E-state index is 7.62. The van der Waals surface area contributed by atoms with E-state index in [1.165, 1.54) is 142 Å². The second-order valence-corrected chi connectivity index (χ2v) is 31.1. The smallest absolute Gasteiger partial charge is 0.143 e. The molecule has 7 aliphatic carbocycles. The summed E-state index contributed by atoms with van der Waals surface area (Å²) >= 11 is 0. The van der Waals surface area contributed by atoms with Gasteiger partial charge in [-0.15, -0.1) is 0 Å². The normalized spacial score (nSPS) is 23.1. The van der Waals surface area contributed by atoms with Gasteiger partial charge in [0.25, 0.3) is 0 Å². The first-order valence-corrected chi connectivity index (χ1v) is 35.8. The minimum atomic E-state index is -0.229. The Morgan fingerprint density at radius 1 is 0.354 bits per heavy atom. The van der Waals surface area contributed by atoms with Crippen molar-refractivity contribution in [2.24, 2.45) is 5.92 Å². The van der Waals surface area contributed by atoms with Crippen molar-refractivity contribution in [1.82, 2.24) is 0 Å². The summed E-state index contributed by atoms with van der Waals surface area (Å²) in [5, 5.41) is 2.73. The summed E-state index contributed by atoms with van der Waals surface area (Å²) in [6.45, 7) is 12.0. The van der Waals surface area contributed by atoms with Gasteiger partial charge in [0.15, 0.2) is 0 Å². The number of rotatable bonds is 7. The van der Waals surface area contributed by atoms with E-state index < -0.39 is 0 Å². The molecule has 0 radical (unpaired) electrons. The van der Waals surface area contributed by atoms with Crippen LogP contribution in [0.4, 0.5) is 17.1 Å². The van der Waals surface area contributed by atoms with Crippen molar-refractivity contribution in [2.75, 3.05) is 4.90 Å². The van der Waals surface area contributed by atoms with Crippen molar-refractivity contribution in [1.29, 1.82) is 0 Å². The minimum absolute atomic E-state index is 0.123. The van der Waals surface area contributed by atoms with Gasteiger partial charge in [-0.3, -0.25) is 0 Å². The lowest BCUT2D eigenvalue weighted by Gasteiger charge is -2.63. The number of anilines is 3. The van der Waals surface area contributed by atoms with Crippen molar-refractivity contribution in [2.45, 2.75) is 131 Å². The number of aryl methyl sites for hydroxylation is 1. The molecule has 12 aromatic carbocycles. The Morgan fingerprint density at radius 3 is 1.71 bits per heavy atom. The molecule has 4 bridgehead atoms. The van der Waals surface area contributed by atoms with Gasteiger partial charge in [0.1, 0.15) is 11.2 Å². The van der Waals surface area contributed by atoms with Crippen LogP contribution in [0.1, 0.15) is 153 Å². The van der Waals surface area contributed by atoms with E-state index in [4.69, 9.17) is 4.42 Å². The number of nitrogens with zero attached hydrogens (tertiary/aromatic N) is 1. The molecule has 6 unspecified atom stereocenters. The van der Waals surface area contributed by atoms with Crippen LogP contribution in [0.2, 0.25) is 0 Å². The monoisotopic (exact) mass is 1240 g/mol. The Labute approximate surface area is 565 Å². The Bertz CT molecular complexity index is 5410. The molecular weight excluding hydrogens is 1160 g/mol. The lowest BCUT2D eigenvalue weighted by atomic mass is 9.40. The molecule has 1 heterocycles. The second-order valence-electron chi connectivity index (χ2n) is 31.1. The van der Waals surface area contributed by atoms with E-state index >= 15 is 0 Å². The van der Waals surface area contributed by atoms with Crippen LogP contribution in [0.3, 0.4) is 0 Å². The number of hydrogen-bond donors (Lipinski definition) is 0. The summed E-state index contributed by atoms with van der Waals surface area (Å²) in [5.74, 6) is 1.08. The topological polar surface area (TPSA) is 16.4 Å². The van der Waals surface area contributed by atoms with Crippen LogP contribution < -0.4 is 4.90 Å². The quantitative estimate of drug-likeness (QED) is 0.158. The Hall–Kier alpha value is -9.76. The molecule has 466 valence electrons. The standard InChI is InChI=1S/C94H79NO/c1-58-23-9-10-26-66(58)71-29-13-17-34-77(71)92-50-19-20-51-93-56-63(57-94(89(92)93)55-62(49-52-92)67-27-11-12-28-70(67)72-30-14-18-35-78(72)94)68-32-21-38-84-86(68)87-80(93)48-47-69(88(87)96-84)60-39-42-64(43-40-60)95(83-37-22-36-79-85(83)75-31-15-16-33-76(75)90(79,2)3)65-44-46-74-73-45-41-61(59-24-7-6-8-25-59)53-81(73)91(4,5)82(74)54-65/h6-18,21-48,53-54,62-63,89H,19-20,49-52,55-57H2,1-5H3. The summed E-state index contributed by atoms with van der Waals surface area (Å²) in [7, 11) is 0. The predicted octanol–water partition coefficient (Wildman–Crippen LogP) is 25.1. The third kappa shape index (κ3) is 7.65. The largest absolute Gasteiger partial charge is 0.455 e. The van der Waals surface area contributed by atoms with Crippen LogP contribution in [0, 0.1) is 12.8 Å². The van der Waals surface area contributed by atoms with Gasteiger partial charge in [-0.25, -0.2) is 0 Å². The van der Waals surface area contributed by atoms with Crippen LogP contribution in [0.15, 0.2) is 265 Å². The number of furan rings is 1. The summed E-state index contributed by atoms with van der Waals surface area (Å²) in [5.41, 5.74) is 35.2. The first kappa shape index (κ1) is 56.6. The molecule has 3 fully saturated rings. The highest BCUT2D eigenvalue weighted by Crippen LogP contribution is 2.75. The predicted molar refractivity (Wildman–Crippen MR) is 398 cm³/mol. The molecule has 0 amide bonds. The van der Waals surface area contributed by atoms with Crippen molar-refractivity contribution >= 4 is 39.0 Å². The van der Waals surface area contributed by atoms with Crippen molar-refractivity contribution in [3.8, 4) is 66.8 Å². The molecule has 0 saturated heterocycles. The van der Waals surface area contributed by atoms with Crippen LogP contribution >= 0.6 is 0 Å². The summed E-state index contributed by atoms with van der Waals surface area (Å²) in [4.78, 5) is 2.57. The van der Waals surface area contributed by atoms with Gasteiger partial charge in [-0.2, -0.15) is 0 Å². The zero-order valence-electron chi connectivity index (χ0n) is 55.8. The van der Waals surface area contributed by atoms with Crippen molar-refractivity contribution < 1.29 is 4.42 Å². The number of hydrogen-bond acceptors (Lipinski definition) is 2. The molecule has 1 aromatic heterocycles. The van der Waals surface area contributed by atoms with Crippen molar-refractivity contribution in [3.05, 3.63) is 316 Å². The van der Waals surface area contributed by atoms with E-state index in [-0.39, 0.29) is 27.1 Å². The fourth-order valence-corrected chi connectivity index (χ4v) is 22.2. The molecule has 6 atom stereocenters. The van der Waals surface area contributed by atoms with Crippen LogP contribution in [0.25, 0.3) is 88.7 Å². The van der Waals surface area contributed by atoms with Crippen molar-refractivity contribution in [3.63, 3.8) is 0 Å². The lowest BCUT2D eigenvalue weighted by Crippen LogP contribution is -2.60. The average molecular weight is 1240 g/mol. The van der Waals surface area contributed by atoms with Gasteiger partial charge in [0, 0.05) is 60.3 Å².